The second kappa shape index (κ2) is 5.64. The molecule has 1 fully saturated rings. The summed E-state index contributed by atoms with van der Waals surface area (Å²) in [6.45, 7) is 4.32. The first-order valence-corrected chi connectivity index (χ1v) is 6.98. The molecule has 2 rings (SSSR count). The minimum absolute atomic E-state index is 0.00886. The van der Waals surface area contributed by atoms with Gasteiger partial charge < -0.3 is 10.4 Å². The SMILES string of the molecule is CC1CCCC(NC(=O)c2nn(C)cc2C(=O)O)C1C. The molecule has 1 aromatic rings. The summed E-state index contributed by atoms with van der Waals surface area (Å²) in [7, 11) is 1.61. The monoisotopic (exact) mass is 279 g/mol. The molecule has 0 saturated heterocycles. The Morgan fingerprint density at radius 3 is 2.75 bits per heavy atom. The average molecular weight is 279 g/mol. The quantitative estimate of drug-likeness (QED) is 0.881. The molecule has 3 atom stereocenters. The number of hydrogen-bond acceptors (Lipinski definition) is 3. The summed E-state index contributed by atoms with van der Waals surface area (Å²) in [5, 5.41) is 16.0. The predicted octanol–water partition coefficient (Wildman–Crippen LogP) is 1.67. The maximum atomic E-state index is 12.3. The van der Waals surface area contributed by atoms with E-state index in [1.807, 2.05) is 0 Å². The minimum Gasteiger partial charge on any atom is -0.478 e. The largest absolute Gasteiger partial charge is 0.478 e. The molecule has 0 aliphatic heterocycles. The maximum Gasteiger partial charge on any atom is 0.339 e. The summed E-state index contributed by atoms with van der Waals surface area (Å²) < 4.78 is 1.35. The van der Waals surface area contributed by atoms with Crippen molar-refractivity contribution in [2.24, 2.45) is 18.9 Å². The van der Waals surface area contributed by atoms with Gasteiger partial charge in [-0.3, -0.25) is 9.48 Å². The van der Waals surface area contributed by atoms with E-state index >= 15 is 0 Å². The fraction of sp³-hybridized carbons (Fsp3) is 0.643. The van der Waals surface area contributed by atoms with Crippen molar-refractivity contribution in [1.82, 2.24) is 15.1 Å². The van der Waals surface area contributed by atoms with Crippen LogP contribution in [0.2, 0.25) is 0 Å². The molecular weight excluding hydrogens is 258 g/mol. The van der Waals surface area contributed by atoms with E-state index in [0.29, 0.717) is 11.8 Å². The van der Waals surface area contributed by atoms with Gasteiger partial charge in [0.15, 0.2) is 5.69 Å². The van der Waals surface area contributed by atoms with Crippen LogP contribution in [0.3, 0.4) is 0 Å². The highest BCUT2D eigenvalue weighted by atomic mass is 16.4. The third-order valence-electron chi connectivity index (χ3n) is 4.30. The van der Waals surface area contributed by atoms with Gasteiger partial charge in [0.25, 0.3) is 5.91 Å². The maximum absolute atomic E-state index is 12.3. The molecule has 1 saturated carbocycles. The van der Waals surface area contributed by atoms with E-state index in [1.54, 1.807) is 7.05 Å². The van der Waals surface area contributed by atoms with Gasteiger partial charge in [-0.1, -0.05) is 26.7 Å². The molecule has 3 unspecified atom stereocenters. The van der Waals surface area contributed by atoms with Crippen LogP contribution < -0.4 is 5.32 Å². The molecule has 1 heterocycles. The number of nitrogens with one attached hydrogen (secondary N) is 1. The summed E-state index contributed by atoms with van der Waals surface area (Å²) >= 11 is 0. The van der Waals surface area contributed by atoms with Gasteiger partial charge >= 0.3 is 5.97 Å². The van der Waals surface area contributed by atoms with Crippen molar-refractivity contribution in [1.29, 1.82) is 0 Å². The molecule has 1 amide bonds. The molecule has 6 heteroatoms. The third-order valence-corrected chi connectivity index (χ3v) is 4.30. The van der Waals surface area contributed by atoms with Gasteiger partial charge in [-0.15, -0.1) is 0 Å². The Morgan fingerprint density at radius 2 is 2.10 bits per heavy atom. The summed E-state index contributed by atoms with van der Waals surface area (Å²) in [5.74, 6) is -0.566. The molecule has 0 spiro atoms. The predicted molar refractivity (Wildman–Crippen MR) is 73.6 cm³/mol. The first kappa shape index (κ1) is 14.6. The Kier molecular flexibility index (Phi) is 4.11. The number of carbonyl (C=O) groups excluding carboxylic acids is 1. The van der Waals surface area contributed by atoms with Crippen molar-refractivity contribution in [3.8, 4) is 0 Å². The third kappa shape index (κ3) is 2.84. The van der Waals surface area contributed by atoms with Gasteiger partial charge in [0, 0.05) is 19.3 Å². The Hall–Kier alpha value is -1.85. The summed E-state index contributed by atoms with van der Waals surface area (Å²) in [5.41, 5.74) is -0.0630. The number of nitrogens with zero attached hydrogens (tertiary/aromatic N) is 2. The molecule has 0 bridgehead atoms. The molecule has 1 aromatic heterocycles. The fourth-order valence-electron chi connectivity index (χ4n) is 2.84. The normalized spacial score (nSPS) is 26.2. The number of amides is 1. The van der Waals surface area contributed by atoms with Crippen LogP contribution in [0.1, 0.15) is 54.0 Å². The topological polar surface area (TPSA) is 84.2 Å². The Balaban J connectivity index is 2.14. The van der Waals surface area contributed by atoms with Gasteiger partial charge in [-0.25, -0.2) is 4.79 Å². The standard InChI is InChI=1S/C14H21N3O3/c1-8-5-4-6-11(9(8)2)15-13(18)12-10(14(19)20)7-17(3)16-12/h7-9,11H,4-6H2,1-3H3,(H,15,18)(H,19,20). The van der Waals surface area contributed by atoms with Crippen LogP contribution in [0.4, 0.5) is 0 Å². The highest BCUT2D eigenvalue weighted by Gasteiger charge is 2.30. The van der Waals surface area contributed by atoms with Crippen molar-refractivity contribution in [3.63, 3.8) is 0 Å². The van der Waals surface area contributed by atoms with E-state index in [0.717, 1.165) is 12.8 Å². The summed E-state index contributed by atoms with van der Waals surface area (Å²) in [4.78, 5) is 23.4. The van der Waals surface area contributed by atoms with E-state index in [4.69, 9.17) is 5.11 Å². The molecule has 0 radical (unpaired) electrons. The lowest BCUT2D eigenvalue weighted by Crippen LogP contribution is -2.44. The van der Waals surface area contributed by atoms with Crippen LogP contribution in [-0.2, 0) is 7.05 Å². The number of carbonyl (C=O) groups is 2. The van der Waals surface area contributed by atoms with Crippen molar-refractivity contribution >= 4 is 11.9 Å². The second-order valence-corrected chi connectivity index (χ2v) is 5.72. The van der Waals surface area contributed by atoms with Crippen LogP contribution in [0, 0.1) is 11.8 Å². The van der Waals surface area contributed by atoms with Crippen LogP contribution >= 0.6 is 0 Å². The van der Waals surface area contributed by atoms with Gasteiger partial charge in [0.05, 0.1) is 0 Å². The van der Waals surface area contributed by atoms with Gasteiger partial charge in [-0.2, -0.15) is 5.10 Å². The Bertz CT molecular complexity index is 524. The zero-order valence-corrected chi connectivity index (χ0v) is 12.1. The van der Waals surface area contributed by atoms with Gasteiger partial charge in [0.1, 0.15) is 5.56 Å². The number of carboxylic acids is 1. The minimum atomic E-state index is -1.13. The van der Waals surface area contributed by atoms with Gasteiger partial charge in [0.2, 0.25) is 0 Å². The first-order valence-electron chi connectivity index (χ1n) is 6.98. The van der Waals surface area contributed by atoms with Gasteiger partial charge in [-0.05, 0) is 18.3 Å². The van der Waals surface area contributed by atoms with E-state index in [2.05, 4.69) is 24.3 Å². The molecule has 20 heavy (non-hydrogen) atoms. The van der Waals surface area contributed by atoms with Crippen molar-refractivity contribution in [2.75, 3.05) is 0 Å². The number of aromatic nitrogens is 2. The van der Waals surface area contributed by atoms with Crippen molar-refractivity contribution in [2.45, 2.75) is 39.2 Å². The van der Waals surface area contributed by atoms with Crippen LogP contribution in [-0.4, -0.2) is 32.8 Å². The molecule has 2 N–H and O–H groups in total. The lowest BCUT2D eigenvalue weighted by atomic mass is 9.78. The van der Waals surface area contributed by atoms with Crippen LogP contribution in [0.25, 0.3) is 0 Å². The smallest absolute Gasteiger partial charge is 0.339 e. The molecule has 1 aliphatic rings. The molecule has 1 aliphatic carbocycles. The van der Waals surface area contributed by atoms with Crippen molar-refractivity contribution in [3.05, 3.63) is 17.5 Å². The number of carboxylic acid groups (broad SMARTS) is 1. The lowest BCUT2D eigenvalue weighted by molar-refractivity contribution is 0.0689. The second-order valence-electron chi connectivity index (χ2n) is 5.72. The van der Waals surface area contributed by atoms with E-state index in [-0.39, 0.29) is 17.3 Å². The van der Waals surface area contributed by atoms with Crippen LogP contribution in [0.5, 0.6) is 0 Å². The zero-order valence-electron chi connectivity index (χ0n) is 12.1. The van der Waals surface area contributed by atoms with E-state index < -0.39 is 11.9 Å². The fourth-order valence-corrected chi connectivity index (χ4v) is 2.84. The highest BCUT2D eigenvalue weighted by molar-refractivity contribution is 6.03. The lowest BCUT2D eigenvalue weighted by Gasteiger charge is -2.34. The first-order chi connectivity index (χ1) is 9.40. The molecular formula is C14H21N3O3. The molecule has 110 valence electrons. The number of aryl methyl sites for hydroxylation is 1. The molecule has 6 nitrogen and oxygen atoms in total. The zero-order chi connectivity index (χ0) is 14.9. The van der Waals surface area contributed by atoms with Crippen molar-refractivity contribution < 1.29 is 14.7 Å². The average Bonchev–Trinajstić information content (AvgIpc) is 2.77. The Labute approximate surface area is 118 Å². The highest BCUT2D eigenvalue weighted by Crippen LogP contribution is 2.29. The molecule has 0 aromatic carbocycles. The summed E-state index contributed by atoms with van der Waals surface area (Å²) in [6.07, 6.45) is 4.55. The Morgan fingerprint density at radius 1 is 1.40 bits per heavy atom. The van der Waals surface area contributed by atoms with Crippen LogP contribution in [0.15, 0.2) is 6.20 Å². The number of aromatic carboxylic acids is 1. The number of hydrogen-bond donors (Lipinski definition) is 2. The van der Waals surface area contributed by atoms with E-state index in [9.17, 15) is 9.59 Å². The number of rotatable bonds is 3. The van der Waals surface area contributed by atoms with E-state index in [1.165, 1.54) is 17.3 Å². The summed E-state index contributed by atoms with van der Waals surface area (Å²) in [6, 6.07) is 0.0925.